The first-order valence-electron chi connectivity index (χ1n) is 24.1. The molecule has 0 aliphatic carbocycles. The van der Waals surface area contributed by atoms with Crippen molar-refractivity contribution in [2.75, 3.05) is 26.3 Å². The molecule has 14 nitrogen and oxygen atoms in total. The van der Waals surface area contributed by atoms with Crippen LogP contribution >= 0.6 is 0 Å². The number of carbonyl (C=O) groups is 2. The van der Waals surface area contributed by atoms with Crippen molar-refractivity contribution >= 4 is 11.9 Å². The predicted octanol–water partition coefficient (Wildman–Crippen LogP) is 7.63. The maximum absolute atomic E-state index is 12.8. The summed E-state index contributed by atoms with van der Waals surface area (Å²) in [4.78, 5) is 25.5. The van der Waals surface area contributed by atoms with E-state index in [1.165, 1.54) is 25.7 Å². The number of unbranched alkanes of at least 4 members (excludes halogenated alkanes) is 9. The summed E-state index contributed by atoms with van der Waals surface area (Å²) < 4.78 is 61.3. The van der Waals surface area contributed by atoms with Crippen molar-refractivity contribution in [2.45, 2.75) is 205 Å². The highest BCUT2D eigenvalue weighted by molar-refractivity contribution is 5.70. The van der Waals surface area contributed by atoms with Crippen LogP contribution < -0.4 is 10.6 Å². The number of esters is 2. The van der Waals surface area contributed by atoms with E-state index in [1.807, 2.05) is 102 Å². The highest BCUT2D eigenvalue weighted by Gasteiger charge is 2.58. The number of hydrogen-bond donors (Lipinski definition) is 2. The number of fused-ring (bicyclic) bond motifs is 2. The molecule has 2 N–H and O–H groups in total. The Bertz CT molecular complexity index is 1540. The Hall–Kier alpha value is -3.02. The summed E-state index contributed by atoms with van der Waals surface area (Å²) in [5.41, 5.74) is 2.10. The molecule has 4 heterocycles. The van der Waals surface area contributed by atoms with Crippen molar-refractivity contribution in [3.05, 3.63) is 71.8 Å². The third-order valence-electron chi connectivity index (χ3n) is 12.2. The van der Waals surface area contributed by atoms with Gasteiger partial charge in [0.1, 0.15) is 36.6 Å². The van der Waals surface area contributed by atoms with Crippen molar-refractivity contribution in [1.82, 2.24) is 10.6 Å². The van der Waals surface area contributed by atoms with Crippen LogP contribution in [-0.2, 0) is 70.2 Å². The number of ether oxygens (including phenoxy) is 10. The van der Waals surface area contributed by atoms with E-state index in [9.17, 15) is 9.59 Å². The number of rotatable bonds is 29. The smallest absolute Gasteiger partial charge is 0.307 e. The zero-order chi connectivity index (χ0) is 45.4. The lowest BCUT2D eigenvalue weighted by atomic mass is 9.99. The van der Waals surface area contributed by atoms with Gasteiger partial charge in [-0.3, -0.25) is 9.59 Å². The molecular formula is C50H76N2O12. The van der Waals surface area contributed by atoms with Gasteiger partial charge in [-0.05, 0) is 78.6 Å². The predicted molar refractivity (Wildman–Crippen MR) is 240 cm³/mol. The summed E-state index contributed by atoms with van der Waals surface area (Å²) in [6.07, 6.45) is 7.94. The zero-order valence-corrected chi connectivity index (χ0v) is 39.2. The second kappa shape index (κ2) is 25.2. The molecule has 4 saturated heterocycles. The van der Waals surface area contributed by atoms with E-state index in [0.29, 0.717) is 26.4 Å². The minimum Gasteiger partial charge on any atom is -0.466 e. The topological polar surface area (TPSA) is 150 Å². The maximum Gasteiger partial charge on any atom is 0.307 e. The summed E-state index contributed by atoms with van der Waals surface area (Å²) in [7, 11) is 0. The van der Waals surface area contributed by atoms with Gasteiger partial charge in [-0.2, -0.15) is 0 Å². The molecule has 0 radical (unpaired) electrons. The molecule has 10 atom stereocenters. The monoisotopic (exact) mass is 897 g/mol. The summed E-state index contributed by atoms with van der Waals surface area (Å²) in [6, 6.07) is 19.4. The fourth-order valence-electron chi connectivity index (χ4n) is 9.22. The average molecular weight is 897 g/mol. The van der Waals surface area contributed by atoms with Gasteiger partial charge in [0, 0.05) is 12.1 Å². The maximum atomic E-state index is 12.8. The SMILES string of the molecule is CCOC(=O)CC(NCCCCCCCCCCCCNC(CC(=O)OCC)[C@@H]1O[C@H]2OC(C)(C)O[C@H]2[C@@H]1OCc1ccccc1)[C@H]1O[C@@H]2OC(C)(C)O[C@@H]2[C@H]1OCc1ccccc1. The van der Waals surface area contributed by atoms with E-state index in [2.05, 4.69) is 10.6 Å². The summed E-state index contributed by atoms with van der Waals surface area (Å²) in [6.45, 7) is 14.1. The van der Waals surface area contributed by atoms with Gasteiger partial charge >= 0.3 is 11.9 Å². The van der Waals surface area contributed by atoms with Crippen molar-refractivity contribution in [3.8, 4) is 0 Å². The molecule has 0 aromatic heterocycles. The lowest BCUT2D eigenvalue weighted by Crippen LogP contribution is -2.50. The van der Waals surface area contributed by atoms with Gasteiger partial charge < -0.3 is 58.0 Å². The van der Waals surface area contributed by atoms with Gasteiger partial charge in [-0.25, -0.2) is 0 Å². The first-order chi connectivity index (χ1) is 30.9. The Labute approximate surface area is 381 Å². The molecule has 0 spiro atoms. The van der Waals surface area contributed by atoms with E-state index in [-0.39, 0.29) is 36.9 Å². The molecule has 4 fully saturated rings. The fourth-order valence-corrected chi connectivity index (χ4v) is 9.22. The van der Waals surface area contributed by atoms with E-state index in [4.69, 9.17) is 47.4 Å². The molecule has 4 aliphatic heterocycles. The van der Waals surface area contributed by atoms with Crippen LogP contribution in [0.5, 0.6) is 0 Å². The molecule has 358 valence electrons. The highest BCUT2D eigenvalue weighted by Crippen LogP contribution is 2.42. The average Bonchev–Trinajstić information content (AvgIpc) is 3.96. The standard InChI is InChI=1S/C50H76N2O12/c1-7-55-39(53)31-37(41-43(57-33-35-25-19-17-20-26-35)45-47(59-41)63-49(3,4)61-45)51-29-23-15-13-11-9-10-12-14-16-24-30-52-38(32-40(54)56-8-2)42-44(58-34-36-27-21-18-22-28-36)46-48(60-42)64-50(5,6)62-46/h17-22,25-28,37-38,41-48,51-52H,7-16,23-24,29-34H2,1-6H3/t37?,38?,41-,42+,43+,44-,45-,46+,47-,48+. The van der Waals surface area contributed by atoms with Crippen LogP contribution in [0.15, 0.2) is 60.7 Å². The first kappa shape index (κ1) is 50.4. The van der Waals surface area contributed by atoms with E-state index < -0.39 is 60.8 Å². The van der Waals surface area contributed by atoms with Crippen molar-refractivity contribution in [1.29, 1.82) is 0 Å². The largest absolute Gasteiger partial charge is 0.466 e. The van der Waals surface area contributed by atoms with Gasteiger partial charge in [0.2, 0.25) is 0 Å². The Kier molecular flexibility index (Phi) is 19.8. The van der Waals surface area contributed by atoms with Gasteiger partial charge in [-0.15, -0.1) is 0 Å². The normalized spacial score (nSPS) is 27.5. The zero-order valence-electron chi connectivity index (χ0n) is 39.2. The van der Waals surface area contributed by atoms with Crippen molar-refractivity contribution in [3.63, 3.8) is 0 Å². The molecule has 6 rings (SSSR count). The molecule has 4 aliphatic rings. The third kappa shape index (κ3) is 15.3. The van der Waals surface area contributed by atoms with Crippen LogP contribution in [0.1, 0.15) is 130 Å². The first-order valence-corrected chi connectivity index (χ1v) is 24.1. The number of carbonyl (C=O) groups excluding carboxylic acids is 2. The minimum atomic E-state index is -0.784. The van der Waals surface area contributed by atoms with E-state index in [1.54, 1.807) is 0 Å². The Balaban J connectivity index is 0.876. The van der Waals surface area contributed by atoms with Crippen LogP contribution in [0.25, 0.3) is 0 Å². The van der Waals surface area contributed by atoms with E-state index in [0.717, 1.165) is 62.7 Å². The minimum absolute atomic E-state index is 0.167. The second-order valence-corrected chi connectivity index (χ2v) is 18.3. The lowest BCUT2D eigenvalue weighted by molar-refractivity contribution is -0.223. The summed E-state index contributed by atoms with van der Waals surface area (Å²) in [5, 5.41) is 7.24. The number of nitrogens with one attached hydrogen (secondary N) is 2. The molecule has 2 aromatic carbocycles. The van der Waals surface area contributed by atoms with Gasteiger partial charge in [0.15, 0.2) is 24.2 Å². The molecule has 2 unspecified atom stereocenters. The van der Waals surface area contributed by atoms with Gasteiger partial charge in [0.05, 0.1) is 39.3 Å². The van der Waals surface area contributed by atoms with Crippen molar-refractivity contribution < 1.29 is 57.0 Å². The van der Waals surface area contributed by atoms with Gasteiger partial charge in [-0.1, -0.05) is 112 Å². The van der Waals surface area contributed by atoms with Crippen molar-refractivity contribution in [2.24, 2.45) is 0 Å². The van der Waals surface area contributed by atoms with Crippen LogP contribution in [0.4, 0.5) is 0 Å². The second-order valence-electron chi connectivity index (χ2n) is 18.3. The van der Waals surface area contributed by atoms with Crippen LogP contribution in [0.3, 0.4) is 0 Å². The Morgan fingerprint density at radius 1 is 0.547 bits per heavy atom. The van der Waals surface area contributed by atoms with Crippen LogP contribution in [0.2, 0.25) is 0 Å². The molecule has 0 amide bonds. The Morgan fingerprint density at radius 2 is 0.906 bits per heavy atom. The Morgan fingerprint density at radius 3 is 1.27 bits per heavy atom. The van der Waals surface area contributed by atoms with Crippen LogP contribution in [0, 0.1) is 0 Å². The number of benzene rings is 2. The fraction of sp³-hybridized carbons (Fsp3) is 0.720. The molecular weight excluding hydrogens is 821 g/mol. The molecule has 0 bridgehead atoms. The molecule has 2 aromatic rings. The summed E-state index contributed by atoms with van der Waals surface area (Å²) >= 11 is 0. The lowest BCUT2D eigenvalue weighted by Gasteiger charge is -2.31. The highest BCUT2D eigenvalue weighted by atomic mass is 16.9. The number of hydrogen-bond acceptors (Lipinski definition) is 14. The quantitative estimate of drug-likeness (QED) is 0.0609. The summed E-state index contributed by atoms with van der Waals surface area (Å²) in [5.74, 6) is -2.11. The van der Waals surface area contributed by atoms with E-state index >= 15 is 0 Å². The van der Waals surface area contributed by atoms with Crippen LogP contribution in [-0.4, -0.2) is 111 Å². The third-order valence-corrected chi connectivity index (χ3v) is 12.2. The van der Waals surface area contributed by atoms with Gasteiger partial charge in [0.25, 0.3) is 0 Å². The molecule has 0 saturated carbocycles. The molecule has 64 heavy (non-hydrogen) atoms. The molecule has 14 heteroatoms.